The lowest BCUT2D eigenvalue weighted by molar-refractivity contribution is 0.0595. The van der Waals surface area contributed by atoms with E-state index in [2.05, 4.69) is 10.4 Å². The molecule has 0 aliphatic carbocycles. The standard InChI is InChI=1S/C19H24ClN3O3/c1-19(2,25)14-5-7-15(8-6-14)23-18(24)17(20)16(11-22-23)21-10-13-4-3-9-26-12-13/h5-8,11,13,21,25H,3-4,9-10,12H2,1-2H3/t13-/m1/s1. The highest BCUT2D eigenvalue weighted by atomic mass is 35.5. The van der Waals surface area contributed by atoms with Crippen LogP contribution in [0.3, 0.4) is 0 Å². The van der Waals surface area contributed by atoms with Crippen molar-refractivity contribution in [1.29, 1.82) is 0 Å². The van der Waals surface area contributed by atoms with Crippen molar-refractivity contribution >= 4 is 17.3 Å². The summed E-state index contributed by atoms with van der Waals surface area (Å²) < 4.78 is 6.72. The van der Waals surface area contributed by atoms with Gasteiger partial charge in [-0.1, -0.05) is 23.7 Å². The lowest BCUT2D eigenvalue weighted by Crippen LogP contribution is -2.27. The van der Waals surface area contributed by atoms with Crippen molar-refractivity contribution in [3.05, 3.63) is 51.4 Å². The van der Waals surface area contributed by atoms with Gasteiger partial charge in [-0.2, -0.15) is 9.78 Å². The van der Waals surface area contributed by atoms with Crippen LogP contribution in [-0.4, -0.2) is 34.6 Å². The lowest BCUT2D eigenvalue weighted by atomic mass is 9.98. The molecule has 6 nitrogen and oxygen atoms in total. The van der Waals surface area contributed by atoms with Crippen LogP contribution in [-0.2, 0) is 10.3 Å². The molecule has 0 radical (unpaired) electrons. The third-order valence-corrected chi connectivity index (χ3v) is 4.94. The molecule has 26 heavy (non-hydrogen) atoms. The van der Waals surface area contributed by atoms with E-state index in [4.69, 9.17) is 16.3 Å². The lowest BCUT2D eigenvalue weighted by Gasteiger charge is -2.22. The van der Waals surface area contributed by atoms with E-state index in [-0.39, 0.29) is 10.6 Å². The molecule has 1 aromatic heterocycles. The molecule has 0 spiro atoms. The van der Waals surface area contributed by atoms with Crippen molar-refractivity contribution in [2.24, 2.45) is 5.92 Å². The highest BCUT2D eigenvalue weighted by Crippen LogP contribution is 2.22. The first-order valence-electron chi connectivity index (χ1n) is 8.79. The summed E-state index contributed by atoms with van der Waals surface area (Å²) in [7, 11) is 0. The first-order valence-corrected chi connectivity index (χ1v) is 9.17. The van der Waals surface area contributed by atoms with E-state index >= 15 is 0 Å². The van der Waals surface area contributed by atoms with Crippen LogP contribution in [0, 0.1) is 5.92 Å². The molecule has 140 valence electrons. The average Bonchev–Trinajstić information content (AvgIpc) is 2.63. The predicted molar refractivity (Wildman–Crippen MR) is 102 cm³/mol. The van der Waals surface area contributed by atoms with Gasteiger partial charge in [0.25, 0.3) is 5.56 Å². The summed E-state index contributed by atoms with van der Waals surface area (Å²) in [6, 6.07) is 7.02. The molecule has 0 unspecified atom stereocenters. The molecule has 2 aromatic rings. The monoisotopic (exact) mass is 377 g/mol. The number of halogens is 1. The summed E-state index contributed by atoms with van der Waals surface area (Å²) in [6.07, 6.45) is 3.72. The molecule has 0 amide bonds. The Labute approximate surface area is 157 Å². The Hall–Kier alpha value is -1.89. The van der Waals surface area contributed by atoms with Gasteiger partial charge in [-0.3, -0.25) is 4.79 Å². The molecular formula is C19H24ClN3O3. The number of hydrogen-bond donors (Lipinski definition) is 2. The van der Waals surface area contributed by atoms with E-state index in [0.717, 1.165) is 31.6 Å². The number of aromatic nitrogens is 2. The summed E-state index contributed by atoms with van der Waals surface area (Å²) in [5.74, 6) is 0.414. The normalized spacial score (nSPS) is 17.9. The third-order valence-electron chi connectivity index (χ3n) is 4.57. The highest BCUT2D eigenvalue weighted by molar-refractivity contribution is 6.32. The zero-order valence-corrected chi connectivity index (χ0v) is 15.8. The molecular weight excluding hydrogens is 354 g/mol. The van der Waals surface area contributed by atoms with Crippen molar-refractivity contribution in [2.45, 2.75) is 32.3 Å². The molecule has 1 saturated heterocycles. The Kier molecular flexibility index (Phi) is 5.65. The molecule has 1 aromatic carbocycles. The number of nitrogens with zero attached hydrogens (tertiary/aromatic N) is 2. The maximum absolute atomic E-state index is 12.6. The minimum absolute atomic E-state index is 0.114. The Morgan fingerprint density at radius 3 is 2.73 bits per heavy atom. The minimum atomic E-state index is -0.939. The number of benzene rings is 1. The van der Waals surface area contributed by atoms with E-state index in [9.17, 15) is 9.90 Å². The van der Waals surface area contributed by atoms with E-state index in [0.29, 0.717) is 23.8 Å². The smallest absolute Gasteiger partial charge is 0.292 e. The van der Waals surface area contributed by atoms with Gasteiger partial charge in [0, 0.05) is 13.2 Å². The van der Waals surface area contributed by atoms with Crippen molar-refractivity contribution in [3.8, 4) is 5.69 Å². The molecule has 3 rings (SSSR count). The predicted octanol–water partition coefficient (Wildman–Crippen LogP) is 2.95. The molecule has 0 saturated carbocycles. The molecule has 1 fully saturated rings. The number of nitrogens with one attached hydrogen (secondary N) is 1. The zero-order valence-electron chi connectivity index (χ0n) is 15.0. The Morgan fingerprint density at radius 2 is 2.12 bits per heavy atom. The fraction of sp³-hybridized carbons (Fsp3) is 0.474. The molecule has 2 N–H and O–H groups in total. The van der Waals surface area contributed by atoms with E-state index in [1.54, 1.807) is 44.3 Å². The highest BCUT2D eigenvalue weighted by Gasteiger charge is 2.17. The van der Waals surface area contributed by atoms with Gasteiger partial charge in [-0.05, 0) is 50.3 Å². The van der Waals surface area contributed by atoms with Gasteiger partial charge in [0.05, 0.1) is 29.8 Å². The minimum Gasteiger partial charge on any atom is -0.386 e. The Bertz CT molecular complexity index is 806. The third kappa shape index (κ3) is 4.26. The van der Waals surface area contributed by atoms with Crippen LogP contribution in [0.2, 0.25) is 5.02 Å². The van der Waals surface area contributed by atoms with Gasteiger partial charge in [0.1, 0.15) is 5.02 Å². The van der Waals surface area contributed by atoms with Crippen LogP contribution in [0.15, 0.2) is 35.3 Å². The molecule has 1 atom stereocenters. The molecule has 7 heteroatoms. The summed E-state index contributed by atoms with van der Waals surface area (Å²) >= 11 is 6.26. The van der Waals surface area contributed by atoms with Crippen LogP contribution in [0.1, 0.15) is 32.3 Å². The van der Waals surface area contributed by atoms with Crippen LogP contribution in [0.4, 0.5) is 5.69 Å². The summed E-state index contributed by atoms with van der Waals surface area (Å²) in [6.45, 7) is 5.66. The van der Waals surface area contributed by atoms with Crippen LogP contribution in [0.5, 0.6) is 0 Å². The van der Waals surface area contributed by atoms with Crippen molar-refractivity contribution in [1.82, 2.24) is 9.78 Å². The maximum atomic E-state index is 12.6. The number of ether oxygens (including phenoxy) is 1. The number of aliphatic hydroxyl groups is 1. The molecule has 1 aliphatic heterocycles. The Balaban J connectivity index is 1.77. The molecule has 1 aliphatic rings. The summed E-state index contributed by atoms with van der Waals surface area (Å²) in [4.78, 5) is 12.6. The van der Waals surface area contributed by atoms with Gasteiger partial charge >= 0.3 is 0 Å². The largest absolute Gasteiger partial charge is 0.386 e. The maximum Gasteiger partial charge on any atom is 0.292 e. The fourth-order valence-corrected chi connectivity index (χ4v) is 3.17. The summed E-state index contributed by atoms with van der Waals surface area (Å²) in [5, 5.41) is 17.6. The van der Waals surface area contributed by atoms with Crippen LogP contribution in [0.25, 0.3) is 5.69 Å². The fourth-order valence-electron chi connectivity index (χ4n) is 2.97. The van der Waals surface area contributed by atoms with E-state index in [1.165, 1.54) is 4.68 Å². The van der Waals surface area contributed by atoms with Crippen LogP contribution < -0.4 is 10.9 Å². The van der Waals surface area contributed by atoms with Crippen LogP contribution >= 0.6 is 11.6 Å². The SMILES string of the molecule is CC(C)(O)c1ccc(-n2ncc(NC[C@H]3CCCOC3)c(Cl)c2=O)cc1. The second-order valence-electron chi connectivity index (χ2n) is 7.16. The first-order chi connectivity index (χ1) is 12.4. The van der Waals surface area contributed by atoms with Crippen molar-refractivity contribution < 1.29 is 9.84 Å². The number of hydrogen-bond acceptors (Lipinski definition) is 5. The quantitative estimate of drug-likeness (QED) is 0.837. The molecule has 2 heterocycles. The number of anilines is 1. The second kappa shape index (κ2) is 7.78. The van der Waals surface area contributed by atoms with E-state index < -0.39 is 5.60 Å². The van der Waals surface area contributed by atoms with Gasteiger partial charge in [0.2, 0.25) is 0 Å². The average molecular weight is 378 g/mol. The first kappa shape index (κ1) is 18.9. The second-order valence-corrected chi connectivity index (χ2v) is 7.54. The topological polar surface area (TPSA) is 76.4 Å². The zero-order chi connectivity index (χ0) is 18.7. The Morgan fingerprint density at radius 1 is 1.38 bits per heavy atom. The van der Waals surface area contributed by atoms with Gasteiger partial charge in [0.15, 0.2) is 0 Å². The summed E-state index contributed by atoms with van der Waals surface area (Å²) in [5.41, 5.74) is 0.565. The van der Waals surface area contributed by atoms with Crippen molar-refractivity contribution in [3.63, 3.8) is 0 Å². The number of rotatable bonds is 5. The van der Waals surface area contributed by atoms with Gasteiger partial charge < -0.3 is 15.2 Å². The van der Waals surface area contributed by atoms with E-state index in [1.807, 2.05) is 0 Å². The van der Waals surface area contributed by atoms with Gasteiger partial charge in [-0.25, -0.2) is 0 Å². The molecule has 0 bridgehead atoms. The van der Waals surface area contributed by atoms with Crippen molar-refractivity contribution in [2.75, 3.05) is 25.1 Å². The van der Waals surface area contributed by atoms with Gasteiger partial charge in [-0.15, -0.1) is 0 Å².